The Morgan fingerprint density at radius 1 is 0.545 bits per heavy atom. The zero-order chi connectivity index (χ0) is 19.7. The molecule has 6 N–H and O–H groups in total. The number of carbonyl (C=O) groups is 3. The van der Waals surface area contributed by atoms with E-state index in [0.29, 0.717) is 0 Å². The summed E-state index contributed by atoms with van der Waals surface area (Å²) in [6.45, 7) is 7.66. The molecule has 0 aliphatic heterocycles. The van der Waals surface area contributed by atoms with Crippen molar-refractivity contribution in [1.29, 1.82) is 0 Å². The van der Waals surface area contributed by atoms with Gasteiger partial charge in [-0.25, -0.2) is 14.4 Å². The fourth-order valence-electron chi connectivity index (χ4n) is 0. The highest BCUT2D eigenvalue weighted by Crippen LogP contribution is 2.15. The number of carboxylic acid groups (broad SMARTS) is 6. The first-order chi connectivity index (χ1) is 9.20. The SMILES string of the molecule is CC(C)(S)S.CC(C)(S)S.O=C(O)O.O=C(O)O.O=C(O)O. The van der Waals surface area contributed by atoms with Crippen molar-refractivity contribution < 1.29 is 45.0 Å². The molecule has 0 radical (unpaired) electrons. The van der Waals surface area contributed by atoms with Gasteiger partial charge in [0.15, 0.2) is 0 Å². The van der Waals surface area contributed by atoms with Crippen molar-refractivity contribution in [2.45, 2.75) is 35.9 Å². The number of thiol groups is 4. The first kappa shape index (κ1) is 33.0. The predicted octanol–water partition coefficient (Wildman–Crippen LogP) is 3.83. The average Bonchev–Trinajstić information content (AvgIpc) is 1.88. The molecule has 136 valence electrons. The molecule has 0 saturated carbocycles. The number of rotatable bonds is 0. The van der Waals surface area contributed by atoms with Crippen LogP contribution in [0, 0.1) is 0 Å². The van der Waals surface area contributed by atoms with Crippen LogP contribution in [0.3, 0.4) is 0 Å². The van der Waals surface area contributed by atoms with E-state index >= 15 is 0 Å². The topological polar surface area (TPSA) is 173 Å². The van der Waals surface area contributed by atoms with Gasteiger partial charge in [-0.2, -0.15) is 50.5 Å². The van der Waals surface area contributed by atoms with E-state index in [1.54, 1.807) is 0 Å². The average molecular weight is 403 g/mol. The molecule has 0 aromatic heterocycles. The van der Waals surface area contributed by atoms with Gasteiger partial charge in [-0.05, 0) is 27.7 Å². The van der Waals surface area contributed by atoms with E-state index in [-0.39, 0.29) is 8.16 Å². The van der Waals surface area contributed by atoms with E-state index in [2.05, 4.69) is 50.5 Å². The van der Waals surface area contributed by atoms with Gasteiger partial charge in [0.05, 0.1) is 0 Å². The van der Waals surface area contributed by atoms with Crippen molar-refractivity contribution in [3.63, 3.8) is 0 Å². The molecule has 0 unspecified atom stereocenters. The van der Waals surface area contributed by atoms with Gasteiger partial charge in [0.25, 0.3) is 0 Å². The van der Waals surface area contributed by atoms with Crippen molar-refractivity contribution in [3.8, 4) is 0 Å². The molecule has 0 aliphatic carbocycles. The zero-order valence-corrected chi connectivity index (χ0v) is 15.8. The maximum absolute atomic E-state index is 8.56. The normalized spacial score (nSPS) is 8.73. The predicted molar refractivity (Wildman–Crippen MR) is 96.1 cm³/mol. The summed E-state index contributed by atoms with van der Waals surface area (Å²) in [7, 11) is 0. The van der Waals surface area contributed by atoms with Crippen LogP contribution in [-0.4, -0.2) is 57.3 Å². The van der Waals surface area contributed by atoms with E-state index in [0.717, 1.165) is 0 Å². The minimum Gasteiger partial charge on any atom is -0.450 e. The standard InChI is InChI=1S/2C3H8S2.3CH2O3/c2*1-3(2,4)5;3*2-1(3)4/h2*4-5H,1-2H3;3*(H2,2,3,4). The molecule has 0 heterocycles. The summed E-state index contributed by atoms with van der Waals surface area (Å²) >= 11 is 15.9. The lowest BCUT2D eigenvalue weighted by Crippen LogP contribution is -1.94. The molecule has 0 fully saturated rings. The maximum Gasteiger partial charge on any atom is 0.503 e. The Morgan fingerprint density at radius 2 is 0.545 bits per heavy atom. The molecule has 0 aromatic carbocycles. The van der Waals surface area contributed by atoms with Gasteiger partial charge in [-0.3, -0.25) is 0 Å². The van der Waals surface area contributed by atoms with Crippen LogP contribution >= 0.6 is 50.5 Å². The third-order valence-electron chi connectivity index (χ3n) is 0. The zero-order valence-electron chi connectivity index (χ0n) is 12.2. The molecular weight excluding hydrogens is 380 g/mol. The number of hydrogen-bond donors (Lipinski definition) is 10. The van der Waals surface area contributed by atoms with E-state index in [4.69, 9.17) is 45.0 Å². The van der Waals surface area contributed by atoms with Crippen LogP contribution in [0.1, 0.15) is 27.7 Å². The second kappa shape index (κ2) is 18.3. The minimum atomic E-state index is -1.83. The Kier molecular flexibility index (Phi) is 27.4. The Morgan fingerprint density at radius 3 is 0.545 bits per heavy atom. The Hall–Kier alpha value is -0.790. The Balaban J connectivity index is -0.0000000550. The smallest absolute Gasteiger partial charge is 0.450 e. The summed E-state index contributed by atoms with van der Waals surface area (Å²) < 4.78 is -0.222. The molecule has 22 heavy (non-hydrogen) atoms. The molecule has 0 spiro atoms. The molecule has 0 saturated heterocycles. The molecule has 0 aliphatic rings. The number of hydrogen-bond acceptors (Lipinski definition) is 7. The fraction of sp³-hybridized carbons (Fsp3) is 0.667. The van der Waals surface area contributed by atoms with Crippen molar-refractivity contribution >= 4 is 69.0 Å². The van der Waals surface area contributed by atoms with Gasteiger partial charge < -0.3 is 30.6 Å². The first-order valence-corrected chi connectivity index (χ1v) is 6.64. The summed E-state index contributed by atoms with van der Waals surface area (Å²) in [4.78, 5) is 25.7. The Labute approximate surface area is 150 Å². The van der Waals surface area contributed by atoms with Crippen molar-refractivity contribution in [3.05, 3.63) is 0 Å². The second-order valence-electron chi connectivity index (χ2n) is 3.84. The molecule has 0 atom stereocenters. The summed E-state index contributed by atoms with van der Waals surface area (Å²) in [5, 5.41) is 41.8. The van der Waals surface area contributed by atoms with Crippen LogP contribution in [0.4, 0.5) is 14.4 Å². The summed E-state index contributed by atoms with van der Waals surface area (Å²) in [5.41, 5.74) is 0. The first-order valence-electron chi connectivity index (χ1n) is 4.85. The van der Waals surface area contributed by atoms with Crippen LogP contribution in [0.2, 0.25) is 0 Å². The summed E-state index contributed by atoms with van der Waals surface area (Å²) in [6.07, 6.45) is -5.50. The van der Waals surface area contributed by atoms with Crippen LogP contribution < -0.4 is 0 Å². The van der Waals surface area contributed by atoms with E-state index in [9.17, 15) is 0 Å². The van der Waals surface area contributed by atoms with Crippen LogP contribution in [-0.2, 0) is 0 Å². The third kappa shape index (κ3) is 10200. The lowest BCUT2D eigenvalue weighted by atomic mass is 10.6. The van der Waals surface area contributed by atoms with E-state index < -0.39 is 18.5 Å². The van der Waals surface area contributed by atoms with Crippen LogP contribution in [0.15, 0.2) is 0 Å². The van der Waals surface area contributed by atoms with Crippen molar-refractivity contribution in [1.82, 2.24) is 0 Å². The van der Waals surface area contributed by atoms with Crippen LogP contribution in [0.25, 0.3) is 0 Å². The lowest BCUT2D eigenvalue weighted by molar-refractivity contribution is 0.135. The largest absolute Gasteiger partial charge is 0.503 e. The van der Waals surface area contributed by atoms with Gasteiger partial charge in [0, 0.05) is 8.16 Å². The highest BCUT2D eigenvalue weighted by atomic mass is 32.2. The van der Waals surface area contributed by atoms with Crippen molar-refractivity contribution in [2.75, 3.05) is 0 Å². The van der Waals surface area contributed by atoms with Gasteiger partial charge >= 0.3 is 18.5 Å². The highest BCUT2D eigenvalue weighted by molar-refractivity contribution is 8.00. The maximum atomic E-state index is 8.56. The molecule has 0 rings (SSSR count). The monoisotopic (exact) mass is 402 g/mol. The minimum absolute atomic E-state index is 0.111. The molecule has 0 bridgehead atoms. The third-order valence-corrected chi connectivity index (χ3v) is 0. The quantitative estimate of drug-likeness (QED) is 0.213. The van der Waals surface area contributed by atoms with Gasteiger partial charge in [0.2, 0.25) is 0 Å². The fourth-order valence-corrected chi connectivity index (χ4v) is 0. The van der Waals surface area contributed by atoms with Gasteiger partial charge in [0.1, 0.15) is 0 Å². The van der Waals surface area contributed by atoms with Gasteiger partial charge in [-0.1, -0.05) is 0 Å². The Bertz CT molecular complexity index is 232. The molecule has 0 aromatic rings. The van der Waals surface area contributed by atoms with E-state index in [1.165, 1.54) is 0 Å². The molecule has 9 nitrogen and oxygen atoms in total. The van der Waals surface area contributed by atoms with Crippen LogP contribution in [0.5, 0.6) is 0 Å². The summed E-state index contributed by atoms with van der Waals surface area (Å²) in [5.74, 6) is 0. The van der Waals surface area contributed by atoms with Crippen molar-refractivity contribution in [2.24, 2.45) is 0 Å². The summed E-state index contributed by atoms with van der Waals surface area (Å²) in [6, 6.07) is 0. The van der Waals surface area contributed by atoms with E-state index in [1.807, 2.05) is 27.7 Å². The molecule has 0 amide bonds. The molecule has 13 heteroatoms. The second-order valence-corrected chi connectivity index (χ2v) is 9.01. The lowest BCUT2D eigenvalue weighted by Gasteiger charge is -2.03. The van der Waals surface area contributed by atoms with Gasteiger partial charge in [-0.15, -0.1) is 0 Å². The highest BCUT2D eigenvalue weighted by Gasteiger charge is 1.98. The molecular formula is C9H22O9S4.